The highest BCUT2D eigenvalue weighted by Gasteiger charge is 2.37. The lowest BCUT2D eigenvalue weighted by atomic mass is 9.81. The number of nitriles is 1. The summed E-state index contributed by atoms with van der Waals surface area (Å²) >= 11 is 0. The molecule has 2 N–H and O–H groups in total. The quantitative estimate of drug-likeness (QED) is 0.827. The first-order valence-corrected chi connectivity index (χ1v) is 7.69. The molecule has 8 heteroatoms. The van der Waals surface area contributed by atoms with E-state index < -0.39 is 28.0 Å². The Morgan fingerprint density at radius 3 is 2.67 bits per heavy atom. The first-order valence-electron chi connectivity index (χ1n) is 6.20. The molecule has 21 heavy (non-hydrogen) atoms. The predicted octanol–water partition coefficient (Wildman–Crippen LogP) is 0.708. The molecular formula is C13H14N2O5S. The Morgan fingerprint density at radius 1 is 1.48 bits per heavy atom. The van der Waals surface area contributed by atoms with Crippen LogP contribution in [0.3, 0.4) is 0 Å². The molecule has 2 rings (SSSR count). The van der Waals surface area contributed by atoms with Crippen LogP contribution in [0.25, 0.3) is 0 Å². The van der Waals surface area contributed by atoms with Crippen molar-refractivity contribution in [3.63, 3.8) is 0 Å². The van der Waals surface area contributed by atoms with Crippen molar-refractivity contribution in [2.45, 2.75) is 23.8 Å². The van der Waals surface area contributed by atoms with Crippen molar-refractivity contribution in [1.29, 1.82) is 5.26 Å². The zero-order valence-corrected chi connectivity index (χ0v) is 12.1. The third kappa shape index (κ3) is 3.15. The number of nitrogens with one attached hydrogen (secondary N) is 1. The second-order valence-corrected chi connectivity index (χ2v) is 6.48. The van der Waals surface area contributed by atoms with Gasteiger partial charge in [0.1, 0.15) is 10.6 Å². The minimum atomic E-state index is -3.81. The topological polar surface area (TPSA) is 116 Å². The van der Waals surface area contributed by atoms with Crippen LogP contribution < -0.4 is 9.46 Å². The third-order valence-corrected chi connectivity index (χ3v) is 4.95. The van der Waals surface area contributed by atoms with Gasteiger partial charge in [-0.25, -0.2) is 13.1 Å². The van der Waals surface area contributed by atoms with Crippen molar-refractivity contribution in [2.24, 2.45) is 5.92 Å². The van der Waals surface area contributed by atoms with Crippen LogP contribution in [0.1, 0.15) is 18.4 Å². The van der Waals surface area contributed by atoms with E-state index in [9.17, 15) is 13.2 Å². The molecule has 0 saturated heterocycles. The van der Waals surface area contributed by atoms with Crippen LogP contribution >= 0.6 is 0 Å². The zero-order chi connectivity index (χ0) is 15.6. The molecule has 0 amide bonds. The third-order valence-electron chi connectivity index (χ3n) is 3.39. The van der Waals surface area contributed by atoms with Crippen molar-refractivity contribution in [3.8, 4) is 11.8 Å². The second-order valence-electron chi connectivity index (χ2n) is 4.80. The van der Waals surface area contributed by atoms with Gasteiger partial charge in [0.15, 0.2) is 0 Å². The number of aliphatic carboxylic acids is 1. The maximum atomic E-state index is 12.3. The summed E-state index contributed by atoms with van der Waals surface area (Å²) in [5.41, 5.74) is 0.292. The molecule has 1 aliphatic rings. The van der Waals surface area contributed by atoms with Gasteiger partial charge in [-0.3, -0.25) is 4.79 Å². The lowest BCUT2D eigenvalue weighted by Gasteiger charge is -2.32. The molecule has 0 unspecified atom stereocenters. The van der Waals surface area contributed by atoms with Gasteiger partial charge in [-0.05, 0) is 31.0 Å². The average molecular weight is 310 g/mol. The molecular weight excluding hydrogens is 296 g/mol. The molecule has 0 radical (unpaired) electrons. The number of carbonyl (C=O) groups is 1. The van der Waals surface area contributed by atoms with Crippen molar-refractivity contribution in [1.82, 2.24) is 4.72 Å². The maximum Gasteiger partial charge on any atom is 0.306 e. The summed E-state index contributed by atoms with van der Waals surface area (Å²) in [5.74, 6) is -1.34. The van der Waals surface area contributed by atoms with Gasteiger partial charge in [-0.2, -0.15) is 5.26 Å². The van der Waals surface area contributed by atoms with E-state index in [1.54, 1.807) is 0 Å². The van der Waals surface area contributed by atoms with E-state index in [2.05, 4.69) is 4.72 Å². The fourth-order valence-corrected chi connectivity index (χ4v) is 3.57. The minimum absolute atomic E-state index is 0.0669. The number of benzene rings is 1. The van der Waals surface area contributed by atoms with Crippen LogP contribution in [0.2, 0.25) is 0 Å². The van der Waals surface area contributed by atoms with Gasteiger partial charge >= 0.3 is 5.97 Å². The second kappa shape index (κ2) is 5.71. The largest absolute Gasteiger partial charge is 0.495 e. The highest BCUT2D eigenvalue weighted by molar-refractivity contribution is 7.89. The zero-order valence-electron chi connectivity index (χ0n) is 11.2. The van der Waals surface area contributed by atoms with Crippen LogP contribution in [0.5, 0.6) is 5.75 Å². The first-order chi connectivity index (χ1) is 9.87. The van der Waals surface area contributed by atoms with E-state index in [-0.39, 0.29) is 23.5 Å². The number of rotatable bonds is 5. The van der Waals surface area contributed by atoms with Gasteiger partial charge in [0.05, 0.1) is 24.7 Å². The minimum Gasteiger partial charge on any atom is -0.495 e. The van der Waals surface area contributed by atoms with Gasteiger partial charge in [0.2, 0.25) is 10.0 Å². The van der Waals surface area contributed by atoms with E-state index in [0.29, 0.717) is 5.56 Å². The lowest BCUT2D eigenvalue weighted by Crippen LogP contribution is -2.46. The Hall–Kier alpha value is -2.11. The van der Waals surface area contributed by atoms with E-state index in [1.807, 2.05) is 6.07 Å². The summed E-state index contributed by atoms with van der Waals surface area (Å²) in [7, 11) is -2.50. The summed E-state index contributed by atoms with van der Waals surface area (Å²) in [4.78, 5) is 10.6. The smallest absolute Gasteiger partial charge is 0.306 e. The monoisotopic (exact) mass is 310 g/mol. The Kier molecular flexibility index (Phi) is 4.16. The fraction of sp³-hybridized carbons (Fsp3) is 0.385. The molecule has 0 aliphatic heterocycles. The molecule has 1 aromatic carbocycles. The molecule has 1 aliphatic carbocycles. The molecule has 0 heterocycles. The van der Waals surface area contributed by atoms with Gasteiger partial charge in [-0.15, -0.1) is 0 Å². The average Bonchev–Trinajstić information content (AvgIpc) is 2.41. The molecule has 1 saturated carbocycles. The van der Waals surface area contributed by atoms with Crippen molar-refractivity contribution in [3.05, 3.63) is 23.8 Å². The molecule has 1 aromatic rings. The Morgan fingerprint density at radius 2 is 2.14 bits per heavy atom. The normalized spacial score (nSPS) is 21.1. The first kappa shape index (κ1) is 15.3. The summed E-state index contributed by atoms with van der Waals surface area (Å²) in [5, 5.41) is 17.6. The highest BCUT2D eigenvalue weighted by atomic mass is 32.2. The number of ether oxygens (including phenoxy) is 1. The summed E-state index contributed by atoms with van der Waals surface area (Å²) in [6.07, 6.45) is 0.542. The molecule has 0 atom stereocenters. The van der Waals surface area contributed by atoms with Crippen LogP contribution in [0.15, 0.2) is 23.1 Å². The lowest BCUT2D eigenvalue weighted by molar-refractivity contribution is -0.145. The van der Waals surface area contributed by atoms with Gasteiger partial charge in [0.25, 0.3) is 0 Å². The molecule has 0 spiro atoms. The van der Waals surface area contributed by atoms with Crippen molar-refractivity contribution >= 4 is 16.0 Å². The summed E-state index contributed by atoms with van der Waals surface area (Å²) in [6, 6.07) is 5.54. The van der Waals surface area contributed by atoms with Gasteiger partial charge in [0, 0.05) is 6.04 Å². The standard InChI is InChI=1S/C13H14N2O5S/c1-20-11-4-8(7-14)2-3-12(11)21(18,19)15-10-5-9(6-10)13(16)17/h2-4,9-10,15H,5-6H2,1H3,(H,16,17). The number of carboxylic acid groups (broad SMARTS) is 1. The van der Waals surface area contributed by atoms with Crippen molar-refractivity contribution in [2.75, 3.05) is 7.11 Å². The number of nitrogens with zero attached hydrogens (tertiary/aromatic N) is 1. The SMILES string of the molecule is COc1cc(C#N)ccc1S(=O)(=O)NC1CC(C(=O)O)C1. The van der Waals surface area contributed by atoms with E-state index in [1.165, 1.54) is 25.3 Å². The Balaban J connectivity index is 2.17. The van der Waals surface area contributed by atoms with Crippen molar-refractivity contribution < 1.29 is 23.1 Å². The number of carboxylic acids is 1. The van der Waals surface area contributed by atoms with Crippen LogP contribution in [0.4, 0.5) is 0 Å². The van der Waals surface area contributed by atoms with Gasteiger partial charge < -0.3 is 9.84 Å². The van der Waals surface area contributed by atoms with Crippen LogP contribution in [-0.2, 0) is 14.8 Å². The van der Waals surface area contributed by atoms with E-state index >= 15 is 0 Å². The summed E-state index contributed by atoms with van der Waals surface area (Å²) in [6.45, 7) is 0. The molecule has 1 fully saturated rings. The molecule has 112 valence electrons. The Bertz CT molecular complexity index is 702. The van der Waals surface area contributed by atoms with Gasteiger partial charge in [-0.1, -0.05) is 0 Å². The molecule has 7 nitrogen and oxygen atoms in total. The van der Waals surface area contributed by atoms with Crippen LogP contribution in [-0.4, -0.2) is 32.6 Å². The molecule has 0 bridgehead atoms. The van der Waals surface area contributed by atoms with Crippen LogP contribution in [0, 0.1) is 17.2 Å². The fourth-order valence-electron chi connectivity index (χ4n) is 2.16. The number of sulfonamides is 1. The maximum absolute atomic E-state index is 12.3. The van der Waals surface area contributed by atoms with E-state index in [4.69, 9.17) is 15.1 Å². The number of hydrogen-bond acceptors (Lipinski definition) is 5. The number of hydrogen-bond donors (Lipinski definition) is 2. The Labute approximate surface area is 122 Å². The highest BCUT2D eigenvalue weighted by Crippen LogP contribution is 2.31. The summed E-state index contributed by atoms with van der Waals surface area (Å²) < 4.78 is 32.0. The molecule has 0 aromatic heterocycles. The number of methoxy groups -OCH3 is 1. The van der Waals surface area contributed by atoms with E-state index in [0.717, 1.165) is 0 Å². The predicted molar refractivity (Wildman–Crippen MR) is 72.2 cm³/mol.